The van der Waals surface area contributed by atoms with E-state index in [4.69, 9.17) is 9.47 Å². The number of hydrogen-bond acceptors (Lipinski definition) is 6. The van der Waals surface area contributed by atoms with E-state index >= 15 is 0 Å². The average molecular weight is 435 g/mol. The van der Waals surface area contributed by atoms with Crippen LogP contribution in [0.1, 0.15) is 24.2 Å². The second-order valence-corrected chi connectivity index (χ2v) is 10.2. The summed E-state index contributed by atoms with van der Waals surface area (Å²) in [5.41, 5.74) is 1.06. The van der Waals surface area contributed by atoms with Gasteiger partial charge in [-0.1, -0.05) is 17.4 Å². The van der Waals surface area contributed by atoms with Gasteiger partial charge in [-0.05, 0) is 32.0 Å². The summed E-state index contributed by atoms with van der Waals surface area (Å²) in [6, 6.07) is 9.63. The molecule has 0 saturated heterocycles. The first kappa shape index (κ1) is 21.1. The van der Waals surface area contributed by atoms with Crippen molar-refractivity contribution >= 4 is 37.3 Å². The maximum absolute atomic E-state index is 12.7. The molecule has 0 fully saturated rings. The number of carbonyl (C=O) groups excluding carboxylic acids is 1. The van der Waals surface area contributed by atoms with E-state index in [1.165, 1.54) is 23.5 Å². The van der Waals surface area contributed by atoms with Crippen LogP contribution in [-0.4, -0.2) is 38.4 Å². The van der Waals surface area contributed by atoms with Crippen LogP contribution in [0.2, 0.25) is 0 Å². The molecule has 154 valence electrons. The van der Waals surface area contributed by atoms with E-state index < -0.39 is 21.0 Å². The van der Waals surface area contributed by atoms with Gasteiger partial charge >= 0.3 is 0 Å². The summed E-state index contributed by atoms with van der Waals surface area (Å²) in [6.45, 7) is 3.21. The molecule has 1 heterocycles. The quantitative estimate of drug-likeness (QED) is 0.616. The number of aryl methyl sites for hydroxylation is 1. The predicted molar refractivity (Wildman–Crippen MR) is 113 cm³/mol. The minimum Gasteiger partial charge on any atom is -0.493 e. The third-order valence-electron chi connectivity index (χ3n) is 4.54. The van der Waals surface area contributed by atoms with Crippen molar-refractivity contribution < 1.29 is 22.7 Å². The molecule has 0 radical (unpaired) electrons. The lowest BCUT2D eigenvalue weighted by Crippen LogP contribution is -2.15. The molecule has 0 bridgehead atoms. The first-order valence-corrected chi connectivity index (χ1v) is 11.2. The number of benzene rings is 2. The molecule has 29 heavy (non-hydrogen) atoms. The van der Waals surface area contributed by atoms with Crippen molar-refractivity contribution in [1.82, 2.24) is 4.57 Å². The van der Waals surface area contributed by atoms with Crippen molar-refractivity contribution in [3.05, 3.63) is 46.8 Å². The van der Waals surface area contributed by atoms with Gasteiger partial charge in [0, 0.05) is 24.7 Å². The molecule has 0 N–H and O–H groups in total. The number of rotatable bonds is 5. The smallest absolute Gasteiger partial charge is 0.279 e. The molecule has 0 spiro atoms. The number of hydrogen-bond donors (Lipinski definition) is 0. The lowest BCUT2D eigenvalue weighted by Gasteiger charge is -2.08. The van der Waals surface area contributed by atoms with Crippen LogP contribution >= 0.6 is 11.3 Å². The summed E-state index contributed by atoms with van der Waals surface area (Å²) < 4.78 is 38.1. The molecular weight excluding hydrogens is 412 g/mol. The highest BCUT2D eigenvalue weighted by molar-refractivity contribution is 7.92. The van der Waals surface area contributed by atoms with Crippen molar-refractivity contribution in [2.24, 2.45) is 12.0 Å². The van der Waals surface area contributed by atoms with Gasteiger partial charge in [0.05, 0.1) is 34.6 Å². The van der Waals surface area contributed by atoms with Gasteiger partial charge in [0.25, 0.3) is 5.91 Å². The Hall–Kier alpha value is -2.65. The normalized spacial score (nSPS) is 12.6. The fourth-order valence-electron chi connectivity index (χ4n) is 2.79. The number of amides is 1. The zero-order valence-corrected chi connectivity index (χ0v) is 18.4. The Kier molecular flexibility index (Phi) is 5.81. The van der Waals surface area contributed by atoms with Crippen LogP contribution in [-0.2, 0) is 16.9 Å². The predicted octanol–water partition coefficient (Wildman–Crippen LogP) is 3.18. The zero-order valence-electron chi connectivity index (χ0n) is 16.8. The zero-order chi connectivity index (χ0) is 21.3. The number of ether oxygens (including phenoxy) is 2. The third-order valence-corrected chi connectivity index (χ3v) is 7.79. The van der Waals surface area contributed by atoms with E-state index in [9.17, 15) is 13.2 Å². The van der Waals surface area contributed by atoms with Crippen LogP contribution in [0.25, 0.3) is 10.2 Å². The monoisotopic (exact) mass is 434 g/mol. The maximum Gasteiger partial charge on any atom is 0.279 e. The largest absolute Gasteiger partial charge is 0.493 e. The summed E-state index contributed by atoms with van der Waals surface area (Å²) in [5, 5.41) is -0.574. The Bertz CT molecular complexity index is 1250. The van der Waals surface area contributed by atoms with Crippen molar-refractivity contribution in [3.63, 3.8) is 0 Å². The summed E-state index contributed by atoms with van der Waals surface area (Å²) >= 11 is 1.33. The number of fused-ring (bicyclic) bond motifs is 1. The molecule has 0 aliphatic carbocycles. The van der Waals surface area contributed by atoms with E-state index in [0.717, 1.165) is 10.2 Å². The number of methoxy groups -OCH3 is 2. The molecule has 3 rings (SSSR count). The Labute approximate surface area is 173 Å². The van der Waals surface area contributed by atoms with E-state index in [0.29, 0.717) is 16.3 Å². The average Bonchev–Trinajstić information content (AvgIpc) is 3.01. The van der Waals surface area contributed by atoms with Gasteiger partial charge < -0.3 is 14.0 Å². The number of aromatic nitrogens is 1. The van der Waals surface area contributed by atoms with Crippen molar-refractivity contribution in [1.29, 1.82) is 0 Å². The summed E-state index contributed by atoms with van der Waals surface area (Å²) in [6.07, 6.45) is 0. The molecule has 0 saturated carbocycles. The molecule has 1 amide bonds. The lowest BCUT2D eigenvalue weighted by molar-refractivity contribution is 0.0997. The molecule has 0 aliphatic heterocycles. The molecule has 3 aromatic rings. The first-order valence-electron chi connectivity index (χ1n) is 8.83. The molecule has 0 atom stereocenters. The van der Waals surface area contributed by atoms with Gasteiger partial charge in [-0.15, -0.1) is 0 Å². The van der Waals surface area contributed by atoms with Gasteiger partial charge in [0.15, 0.2) is 26.1 Å². The number of nitrogens with zero attached hydrogens (tertiary/aromatic N) is 2. The highest BCUT2D eigenvalue weighted by Crippen LogP contribution is 2.33. The molecule has 0 unspecified atom stereocenters. The molecular formula is C20H22N2O5S2. The summed E-state index contributed by atoms with van der Waals surface area (Å²) in [4.78, 5) is 17.5. The molecule has 7 nitrogen and oxygen atoms in total. The van der Waals surface area contributed by atoms with Crippen LogP contribution in [0.4, 0.5) is 0 Å². The fraction of sp³-hybridized carbons (Fsp3) is 0.300. The minimum atomic E-state index is -3.47. The highest BCUT2D eigenvalue weighted by Gasteiger charge is 2.20. The van der Waals surface area contributed by atoms with Gasteiger partial charge in [-0.3, -0.25) is 4.79 Å². The molecule has 2 aromatic carbocycles. The number of thiazole rings is 1. The second-order valence-electron chi connectivity index (χ2n) is 6.66. The number of carbonyl (C=O) groups is 1. The van der Waals surface area contributed by atoms with Crippen LogP contribution < -0.4 is 14.3 Å². The van der Waals surface area contributed by atoms with E-state index in [1.807, 2.05) is 12.1 Å². The van der Waals surface area contributed by atoms with Crippen molar-refractivity contribution in [3.8, 4) is 11.5 Å². The van der Waals surface area contributed by atoms with Gasteiger partial charge in [-0.25, -0.2) is 8.42 Å². The standard InChI is InChI=1S/C20H22N2O5S2/c1-12(2)29(24,25)14-8-6-7-13(9-14)19(23)21-20-22(3)15-10-16(26-4)17(27-5)11-18(15)28-20/h6-12H,1-5H3. The fourth-order valence-corrected chi connectivity index (χ4v) is 4.92. The van der Waals surface area contributed by atoms with Crippen molar-refractivity contribution in [2.75, 3.05) is 14.2 Å². The van der Waals surface area contributed by atoms with Gasteiger partial charge in [0.1, 0.15) is 0 Å². The molecule has 1 aromatic heterocycles. The highest BCUT2D eigenvalue weighted by atomic mass is 32.2. The maximum atomic E-state index is 12.7. The lowest BCUT2D eigenvalue weighted by atomic mass is 10.2. The molecule has 9 heteroatoms. The topological polar surface area (TPSA) is 87.0 Å². The van der Waals surface area contributed by atoms with E-state index in [2.05, 4.69) is 4.99 Å². The first-order chi connectivity index (χ1) is 13.7. The summed E-state index contributed by atoms with van der Waals surface area (Å²) in [7, 11) is 1.45. The van der Waals surface area contributed by atoms with E-state index in [-0.39, 0.29) is 10.5 Å². The Morgan fingerprint density at radius 2 is 1.76 bits per heavy atom. The Balaban J connectivity index is 2.08. The Morgan fingerprint density at radius 1 is 1.10 bits per heavy atom. The van der Waals surface area contributed by atoms with Crippen molar-refractivity contribution in [2.45, 2.75) is 24.0 Å². The van der Waals surface area contributed by atoms with Gasteiger partial charge in [-0.2, -0.15) is 4.99 Å². The van der Waals surface area contributed by atoms with Crippen LogP contribution in [0, 0.1) is 0 Å². The third kappa shape index (κ3) is 3.92. The van der Waals surface area contributed by atoms with Gasteiger partial charge in [0.2, 0.25) is 0 Å². The molecule has 0 aliphatic rings. The second kappa shape index (κ2) is 8.00. The van der Waals surface area contributed by atoms with Crippen LogP contribution in [0.5, 0.6) is 11.5 Å². The Morgan fingerprint density at radius 3 is 2.38 bits per heavy atom. The van der Waals surface area contributed by atoms with Crippen LogP contribution in [0.3, 0.4) is 0 Å². The minimum absolute atomic E-state index is 0.115. The SMILES string of the molecule is COc1cc2sc(=NC(=O)c3cccc(S(=O)(=O)C(C)C)c3)n(C)c2cc1OC. The summed E-state index contributed by atoms with van der Waals surface area (Å²) in [5.74, 6) is 0.663. The van der Waals surface area contributed by atoms with Crippen LogP contribution in [0.15, 0.2) is 46.3 Å². The number of sulfone groups is 1. The van der Waals surface area contributed by atoms with E-state index in [1.54, 1.807) is 51.8 Å².